The number of fused-ring (bicyclic) bond motifs is 1. The highest BCUT2D eigenvalue weighted by molar-refractivity contribution is 5.80. The van der Waals surface area contributed by atoms with E-state index in [0.717, 1.165) is 59.5 Å². The summed E-state index contributed by atoms with van der Waals surface area (Å²) in [7, 11) is 1.93. The van der Waals surface area contributed by atoms with Crippen molar-refractivity contribution in [3.63, 3.8) is 0 Å². The van der Waals surface area contributed by atoms with Gasteiger partial charge < -0.3 is 19.4 Å². The van der Waals surface area contributed by atoms with Gasteiger partial charge in [0.05, 0.1) is 11.0 Å². The summed E-state index contributed by atoms with van der Waals surface area (Å²) in [5.74, 6) is 1.59. The van der Waals surface area contributed by atoms with Crippen molar-refractivity contribution in [2.45, 2.75) is 59.1 Å². The smallest absolute Gasteiger partial charge is 0.428 e. The van der Waals surface area contributed by atoms with Gasteiger partial charge in [-0.1, -0.05) is 55.8 Å². The van der Waals surface area contributed by atoms with Crippen molar-refractivity contribution in [1.29, 1.82) is 0 Å². The van der Waals surface area contributed by atoms with Crippen LogP contribution in [0.25, 0.3) is 22.2 Å². The summed E-state index contributed by atoms with van der Waals surface area (Å²) < 4.78 is 13.2. The van der Waals surface area contributed by atoms with Gasteiger partial charge in [-0.25, -0.2) is 9.78 Å². The molecule has 0 aliphatic rings. The lowest BCUT2D eigenvalue weighted by Crippen LogP contribution is -2.26. The first kappa shape index (κ1) is 25.3. The standard InChI is InChI=1S/C30H35N3O3/c1-6-7-12-28-32-25-18-17-23(31-5)19-26(25)33(28)20-21-13-15-22(16-14-21)24-10-8-9-11-27(24)35-29(34)36-30(2,3)4/h8-11,13-19,31H,6-7,12,20H2,1-5H3. The van der Waals surface area contributed by atoms with E-state index in [1.807, 2.05) is 46.0 Å². The van der Waals surface area contributed by atoms with E-state index >= 15 is 0 Å². The molecule has 1 N–H and O–H groups in total. The first-order chi connectivity index (χ1) is 17.3. The lowest BCUT2D eigenvalue weighted by atomic mass is 10.0. The van der Waals surface area contributed by atoms with Crippen molar-refractivity contribution >= 4 is 22.9 Å². The van der Waals surface area contributed by atoms with Crippen LogP contribution in [0.4, 0.5) is 10.5 Å². The minimum atomic E-state index is -0.709. The lowest BCUT2D eigenvalue weighted by Gasteiger charge is -2.19. The number of para-hydroxylation sites is 1. The molecule has 6 nitrogen and oxygen atoms in total. The highest BCUT2D eigenvalue weighted by atomic mass is 16.7. The number of hydrogen-bond acceptors (Lipinski definition) is 5. The van der Waals surface area contributed by atoms with Crippen LogP contribution in [-0.4, -0.2) is 28.4 Å². The third-order valence-electron chi connectivity index (χ3n) is 5.95. The maximum absolute atomic E-state index is 12.2. The SMILES string of the molecule is CCCCc1nc2ccc(NC)cc2n1Cc1ccc(-c2ccccc2OC(=O)OC(C)(C)C)cc1. The first-order valence-electron chi connectivity index (χ1n) is 12.5. The number of imidazole rings is 1. The van der Waals surface area contributed by atoms with Crippen LogP contribution in [0.15, 0.2) is 66.7 Å². The number of aryl methyl sites for hydroxylation is 1. The summed E-state index contributed by atoms with van der Waals surface area (Å²) in [6.07, 6.45) is 2.48. The molecule has 0 saturated carbocycles. The van der Waals surface area contributed by atoms with E-state index in [4.69, 9.17) is 14.5 Å². The second-order valence-corrected chi connectivity index (χ2v) is 9.93. The van der Waals surface area contributed by atoms with Gasteiger partial charge in [-0.15, -0.1) is 0 Å². The topological polar surface area (TPSA) is 65.4 Å². The molecule has 0 aliphatic carbocycles. The summed E-state index contributed by atoms with van der Waals surface area (Å²) in [6.45, 7) is 8.38. The third-order valence-corrected chi connectivity index (χ3v) is 5.95. The molecule has 188 valence electrons. The number of unbranched alkanes of at least 4 members (excludes halogenated alkanes) is 1. The van der Waals surface area contributed by atoms with Gasteiger partial charge in [0.1, 0.15) is 17.2 Å². The molecule has 0 amide bonds. The molecular weight excluding hydrogens is 450 g/mol. The van der Waals surface area contributed by atoms with Crippen LogP contribution in [0.5, 0.6) is 5.75 Å². The third kappa shape index (κ3) is 6.06. The van der Waals surface area contributed by atoms with Gasteiger partial charge in [-0.3, -0.25) is 0 Å². The number of carbonyl (C=O) groups excluding carboxylic acids is 1. The van der Waals surface area contributed by atoms with Crippen molar-refractivity contribution < 1.29 is 14.3 Å². The Kier molecular flexibility index (Phi) is 7.63. The zero-order valence-corrected chi connectivity index (χ0v) is 21.8. The zero-order valence-electron chi connectivity index (χ0n) is 21.8. The van der Waals surface area contributed by atoms with Crippen molar-refractivity contribution in [2.75, 3.05) is 12.4 Å². The Morgan fingerprint density at radius 2 is 1.78 bits per heavy atom. The fourth-order valence-corrected chi connectivity index (χ4v) is 4.16. The number of aromatic nitrogens is 2. The molecule has 0 fully saturated rings. The van der Waals surface area contributed by atoms with Gasteiger partial charge in [0.2, 0.25) is 0 Å². The molecule has 0 atom stereocenters. The monoisotopic (exact) mass is 485 g/mol. The fourth-order valence-electron chi connectivity index (χ4n) is 4.16. The lowest BCUT2D eigenvalue weighted by molar-refractivity contribution is 0.0207. The normalized spacial score (nSPS) is 11.5. The van der Waals surface area contributed by atoms with E-state index in [9.17, 15) is 4.79 Å². The quantitative estimate of drug-likeness (QED) is 0.207. The Balaban J connectivity index is 1.60. The van der Waals surface area contributed by atoms with E-state index in [2.05, 4.69) is 59.3 Å². The zero-order chi connectivity index (χ0) is 25.7. The van der Waals surface area contributed by atoms with E-state index in [1.54, 1.807) is 6.07 Å². The Morgan fingerprint density at radius 1 is 1.03 bits per heavy atom. The van der Waals surface area contributed by atoms with E-state index in [-0.39, 0.29) is 0 Å². The second kappa shape index (κ2) is 10.9. The first-order valence-corrected chi connectivity index (χ1v) is 12.5. The van der Waals surface area contributed by atoms with Crippen LogP contribution in [-0.2, 0) is 17.7 Å². The Bertz CT molecular complexity index is 1330. The summed E-state index contributed by atoms with van der Waals surface area (Å²) in [5.41, 5.74) is 5.59. The molecule has 0 radical (unpaired) electrons. The molecule has 1 heterocycles. The minimum Gasteiger partial charge on any atom is -0.428 e. The average Bonchev–Trinajstić information content (AvgIpc) is 3.18. The van der Waals surface area contributed by atoms with Gasteiger partial charge in [-0.2, -0.15) is 0 Å². The van der Waals surface area contributed by atoms with Crippen molar-refractivity contribution in [3.8, 4) is 16.9 Å². The van der Waals surface area contributed by atoms with Gasteiger partial charge in [0.25, 0.3) is 0 Å². The predicted molar refractivity (Wildman–Crippen MR) is 146 cm³/mol. The number of hydrogen-bond donors (Lipinski definition) is 1. The minimum absolute atomic E-state index is 0.474. The highest BCUT2D eigenvalue weighted by Crippen LogP contribution is 2.31. The van der Waals surface area contributed by atoms with Crippen molar-refractivity contribution in [3.05, 3.63) is 78.1 Å². The summed E-state index contributed by atoms with van der Waals surface area (Å²) in [4.78, 5) is 17.2. The Morgan fingerprint density at radius 3 is 2.47 bits per heavy atom. The molecule has 4 aromatic rings. The molecule has 6 heteroatoms. The molecule has 36 heavy (non-hydrogen) atoms. The number of carbonyl (C=O) groups is 1. The molecule has 0 aliphatic heterocycles. The maximum atomic E-state index is 12.2. The molecule has 4 rings (SSSR count). The molecule has 3 aromatic carbocycles. The second-order valence-electron chi connectivity index (χ2n) is 9.93. The number of nitrogens with zero attached hydrogens (tertiary/aromatic N) is 2. The molecular formula is C30H35N3O3. The number of rotatable bonds is 8. The van der Waals surface area contributed by atoms with Crippen LogP contribution in [0.1, 0.15) is 51.9 Å². The number of benzene rings is 3. The van der Waals surface area contributed by atoms with Gasteiger partial charge in [-0.05, 0) is 62.6 Å². The van der Waals surface area contributed by atoms with Crippen molar-refractivity contribution in [2.24, 2.45) is 0 Å². The summed E-state index contributed by atoms with van der Waals surface area (Å²) in [5, 5.41) is 3.23. The van der Waals surface area contributed by atoms with E-state index in [0.29, 0.717) is 5.75 Å². The van der Waals surface area contributed by atoms with Crippen LogP contribution in [0.3, 0.4) is 0 Å². The average molecular weight is 486 g/mol. The van der Waals surface area contributed by atoms with E-state index < -0.39 is 11.8 Å². The van der Waals surface area contributed by atoms with Gasteiger partial charge in [0, 0.05) is 31.3 Å². The van der Waals surface area contributed by atoms with Crippen molar-refractivity contribution in [1.82, 2.24) is 9.55 Å². The number of ether oxygens (including phenoxy) is 2. The molecule has 1 aromatic heterocycles. The largest absolute Gasteiger partial charge is 0.514 e. The van der Waals surface area contributed by atoms with E-state index in [1.165, 1.54) is 5.56 Å². The molecule has 0 saturated heterocycles. The molecule has 0 spiro atoms. The highest BCUT2D eigenvalue weighted by Gasteiger charge is 2.19. The Hall–Kier alpha value is -3.80. The Labute approximate surface area is 213 Å². The fraction of sp³-hybridized carbons (Fsp3) is 0.333. The van der Waals surface area contributed by atoms with Crippen LogP contribution in [0, 0.1) is 0 Å². The van der Waals surface area contributed by atoms with Crippen LogP contribution < -0.4 is 10.1 Å². The number of anilines is 1. The molecule has 0 unspecified atom stereocenters. The maximum Gasteiger partial charge on any atom is 0.514 e. The summed E-state index contributed by atoms with van der Waals surface area (Å²) >= 11 is 0. The van der Waals surface area contributed by atoms with Crippen LogP contribution in [0.2, 0.25) is 0 Å². The van der Waals surface area contributed by atoms with Gasteiger partial charge >= 0.3 is 6.16 Å². The summed E-state index contributed by atoms with van der Waals surface area (Å²) in [6, 6.07) is 22.2. The van der Waals surface area contributed by atoms with Crippen LogP contribution >= 0.6 is 0 Å². The predicted octanol–water partition coefficient (Wildman–Crippen LogP) is 7.45. The molecule has 0 bridgehead atoms. The number of nitrogens with one attached hydrogen (secondary N) is 1. The van der Waals surface area contributed by atoms with Gasteiger partial charge in [0.15, 0.2) is 0 Å².